The number of para-hydroxylation sites is 2. The third-order valence-electron chi connectivity index (χ3n) is 9.85. The highest BCUT2D eigenvalue weighted by atomic mass is 15.0. The van der Waals surface area contributed by atoms with Crippen molar-refractivity contribution in [1.82, 2.24) is 9.13 Å². The van der Waals surface area contributed by atoms with Crippen molar-refractivity contribution >= 4 is 43.6 Å². The van der Waals surface area contributed by atoms with E-state index in [0.717, 1.165) is 49.1 Å². The fourth-order valence-electron chi connectivity index (χ4n) is 7.69. The molecule has 0 radical (unpaired) electrons. The molecule has 2 heterocycles. The zero-order valence-electron chi connectivity index (χ0n) is 41.1. The lowest BCUT2D eigenvalue weighted by molar-refractivity contribution is 1.16. The molecule has 2 aromatic heterocycles. The number of fused-ring (bicyclic) bond motifs is 14. The number of nitrogens with zero attached hydrogens (tertiary/aromatic N) is 2. The maximum Gasteiger partial charge on any atom is 0.0652 e. The molecule has 0 amide bonds. The van der Waals surface area contributed by atoms with Gasteiger partial charge in [-0.05, 0) is 106 Å². The molecule has 0 bridgehead atoms. The first-order valence-corrected chi connectivity index (χ1v) is 16.6. The predicted molar refractivity (Wildman–Crippen MR) is 215 cm³/mol. The van der Waals surface area contributed by atoms with Crippen LogP contribution in [0.3, 0.4) is 0 Å². The van der Waals surface area contributed by atoms with Crippen molar-refractivity contribution in [1.29, 1.82) is 0 Å². The van der Waals surface area contributed by atoms with Crippen molar-refractivity contribution in [3.05, 3.63) is 181 Å². The van der Waals surface area contributed by atoms with E-state index in [2.05, 4.69) is 18.2 Å². The van der Waals surface area contributed by atoms with E-state index >= 15 is 0 Å². The molecule has 0 atom stereocenters. The van der Waals surface area contributed by atoms with Gasteiger partial charge in [-0.1, -0.05) is 127 Å². The van der Waals surface area contributed by atoms with Gasteiger partial charge in [0.25, 0.3) is 0 Å². The minimum Gasteiger partial charge on any atom is -0.309 e. The Morgan fingerprint density at radius 1 is 0.373 bits per heavy atom. The van der Waals surface area contributed by atoms with Crippen molar-refractivity contribution in [3.63, 3.8) is 0 Å². The SMILES string of the molecule is [2H]c1c([2H])c([2H])c2c(c1[2H])c1c([2H])c(-n3c4c([2H])c([2H])c([2H])c([2H])c4c4c([2H])c(C)c([2H])c([2H])c43)c([2H])c([2H])c1n2-c1ccc2c(c1)-c1ccccc1-c1ccccc1-c1ccccc1-2. The molecule has 10 aromatic rings. The monoisotopic (exact) mass is 662 g/mol. The van der Waals surface area contributed by atoms with E-state index in [9.17, 15) is 8.22 Å². The fraction of sp³-hybridized carbons (Fsp3) is 0.0204. The molecule has 2 nitrogen and oxygen atoms in total. The molecular weight excluding hydrogens is 617 g/mol. The van der Waals surface area contributed by atoms with Gasteiger partial charge in [-0.15, -0.1) is 0 Å². The Labute approximate surface area is 315 Å². The molecule has 0 saturated carbocycles. The van der Waals surface area contributed by atoms with Crippen molar-refractivity contribution in [3.8, 4) is 55.9 Å². The van der Waals surface area contributed by atoms with Crippen LogP contribution in [0, 0.1) is 6.92 Å². The second kappa shape index (κ2) is 10.7. The topological polar surface area (TPSA) is 9.86 Å². The average Bonchev–Trinajstić information content (AvgIpc) is 3.87. The van der Waals surface area contributed by atoms with Crippen molar-refractivity contribution < 1.29 is 19.2 Å². The number of aromatic nitrogens is 2. The van der Waals surface area contributed by atoms with E-state index in [1.165, 1.54) is 11.5 Å². The molecule has 51 heavy (non-hydrogen) atoms. The van der Waals surface area contributed by atoms with Gasteiger partial charge in [-0.2, -0.15) is 0 Å². The lowest BCUT2D eigenvalue weighted by Gasteiger charge is -2.24. The van der Waals surface area contributed by atoms with Gasteiger partial charge in [0.1, 0.15) is 0 Å². The van der Waals surface area contributed by atoms with Gasteiger partial charge in [0, 0.05) is 32.9 Å². The Kier molecular flexibility index (Phi) is 3.74. The summed E-state index contributed by atoms with van der Waals surface area (Å²) in [6.45, 7) is 1.46. The zero-order chi connectivity index (χ0) is 45.8. The number of hydrogen-bond donors (Lipinski definition) is 0. The van der Waals surface area contributed by atoms with Gasteiger partial charge in [-0.3, -0.25) is 0 Å². The molecule has 0 N–H and O–H groups in total. The van der Waals surface area contributed by atoms with E-state index in [-0.39, 0.29) is 61.3 Å². The van der Waals surface area contributed by atoms with Crippen LogP contribution in [0.2, 0.25) is 0 Å². The molecule has 0 spiro atoms. The summed E-state index contributed by atoms with van der Waals surface area (Å²) < 4.78 is 131. The normalized spacial score (nSPS) is 15.9. The Morgan fingerprint density at radius 2 is 0.804 bits per heavy atom. The molecule has 0 fully saturated rings. The summed E-state index contributed by atoms with van der Waals surface area (Å²) in [5, 5.41) is -0.511. The fourth-order valence-corrected chi connectivity index (χ4v) is 7.69. The Balaban J connectivity index is 1.32. The number of benzene rings is 8. The number of rotatable bonds is 2. The van der Waals surface area contributed by atoms with Crippen LogP contribution in [0.1, 0.15) is 24.8 Å². The van der Waals surface area contributed by atoms with Crippen LogP contribution in [0.15, 0.2) is 176 Å². The lowest BCUT2D eigenvalue weighted by Crippen LogP contribution is -2.00. The number of hydrogen-bond acceptors (Lipinski definition) is 0. The van der Waals surface area contributed by atoms with Gasteiger partial charge < -0.3 is 9.13 Å². The van der Waals surface area contributed by atoms with E-state index in [1.54, 1.807) is 6.07 Å². The summed E-state index contributed by atoms with van der Waals surface area (Å²) in [6.07, 6.45) is 0. The summed E-state index contributed by atoms with van der Waals surface area (Å²) in [5.74, 6) is 0. The van der Waals surface area contributed by atoms with Crippen LogP contribution in [0.4, 0.5) is 0 Å². The van der Waals surface area contributed by atoms with Crippen LogP contribution >= 0.6 is 0 Å². The standard InChI is InChI=1S/C49H32N2/c1-31-22-26-48-44(28-31)41-18-8-10-20-46(41)51(48)33-24-27-49-45(30-33)42-19-9-11-21-47(42)50(49)32-23-25-40-38-16-5-4-14-36(38)34-12-2-3-13-35(34)37-15-6-7-17-39(37)43(40)29-32/h2-30H,1H3/i8D,9D,10D,11D,18D,19D,20D,21D,22D,24D,26D,27D,28D,30D. The Hall–Kier alpha value is -6.64. The maximum atomic E-state index is 10.0. The molecular formula is C49H32N2. The van der Waals surface area contributed by atoms with E-state index < -0.39 is 78.2 Å². The van der Waals surface area contributed by atoms with Gasteiger partial charge in [0.2, 0.25) is 0 Å². The maximum absolute atomic E-state index is 10.0. The highest BCUT2D eigenvalue weighted by molar-refractivity contribution is 6.13. The van der Waals surface area contributed by atoms with E-state index in [1.807, 2.05) is 66.7 Å². The first-order valence-electron chi connectivity index (χ1n) is 23.6. The van der Waals surface area contributed by atoms with Gasteiger partial charge >= 0.3 is 0 Å². The minimum atomic E-state index is -0.657. The van der Waals surface area contributed by atoms with Gasteiger partial charge in [0.15, 0.2) is 0 Å². The van der Waals surface area contributed by atoms with Crippen molar-refractivity contribution in [2.45, 2.75) is 6.92 Å². The van der Waals surface area contributed by atoms with Crippen LogP contribution in [-0.4, -0.2) is 9.13 Å². The zero-order valence-corrected chi connectivity index (χ0v) is 27.1. The summed E-state index contributed by atoms with van der Waals surface area (Å²) in [5.41, 5.74) is 6.90. The molecule has 11 rings (SSSR count). The van der Waals surface area contributed by atoms with Crippen LogP contribution in [-0.2, 0) is 0 Å². The molecule has 0 saturated heterocycles. The summed E-state index contributed by atoms with van der Waals surface area (Å²) in [6, 6.07) is 22.5. The van der Waals surface area contributed by atoms with E-state index in [0.29, 0.717) is 5.69 Å². The quantitative estimate of drug-likeness (QED) is 0.174. The summed E-state index contributed by atoms with van der Waals surface area (Å²) >= 11 is 0. The summed E-state index contributed by atoms with van der Waals surface area (Å²) in [7, 11) is 0. The highest BCUT2D eigenvalue weighted by Gasteiger charge is 2.23. The molecule has 1 aliphatic carbocycles. The van der Waals surface area contributed by atoms with Gasteiger partial charge in [-0.25, -0.2) is 0 Å². The second-order valence-electron chi connectivity index (χ2n) is 12.7. The third kappa shape index (κ3) is 4.05. The first-order chi connectivity index (χ1) is 31.1. The predicted octanol–water partition coefficient (Wildman–Crippen LogP) is 13.2. The van der Waals surface area contributed by atoms with E-state index in [4.69, 9.17) is 11.0 Å². The molecule has 0 unspecified atom stereocenters. The highest BCUT2D eigenvalue weighted by Crippen LogP contribution is 2.48. The van der Waals surface area contributed by atoms with Crippen LogP contribution < -0.4 is 0 Å². The summed E-state index contributed by atoms with van der Waals surface area (Å²) in [4.78, 5) is 0. The molecule has 2 heteroatoms. The van der Waals surface area contributed by atoms with Crippen molar-refractivity contribution in [2.24, 2.45) is 0 Å². The largest absolute Gasteiger partial charge is 0.309 e. The molecule has 1 aliphatic rings. The molecule has 238 valence electrons. The smallest absolute Gasteiger partial charge is 0.0652 e. The van der Waals surface area contributed by atoms with Gasteiger partial charge in [0.05, 0.1) is 41.3 Å². The Bertz CT molecular complexity index is 3760. The first kappa shape index (κ1) is 17.8. The lowest BCUT2D eigenvalue weighted by atomic mass is 9.81. The van der Waals surface area contributed by atoms with Crippen LogP contribution in [0.25, 0.3) is 99.5 Å². The third-order valence-corrected chi connectivity index (χ3v) is 9.85. The Morgan fingerprint density at radius 3 is 1.37 bits per heavy atom. The average molecular weight is 663 g/mol. The minimum absolute atomic E-state index is 0.0581. The van der Waals surface area contributed by atoms with Crippen LogP contribution in [0.5, 0.6) is 0 Å². The second-order valence-corrected chi connectivity index (χ2v) is 12.7. The molecule has 8 aromatic carbocycles. The van der Waals surface area contributed by atoms with Crippen molar-refractivity contribution in [2.75, 3.05) is 0 Å². The molecule has 0 aliphatic heterocycles.